The molecule has 10 rings (SSSR count). The summed E-state index contributed by atoms with van der Waals surface area (Å²) in [6, 6.07) is 64.8. The zero-order valence-corrected chi connectivity index (χ0v) is 29.6. The van der Waals surface area contributed by atoms with E-state index in [2.05, 4.69) is 206 Å². The maximum Gasteiger partial charge on any atom is 0.0542 e. The van der Waals surface area contributed by atoms with Gasteiger partial charge in [-0.2, -0.15) is 0 Å². The second-order valence-corrected chi connectivity index (χ2v) is 14.7. The minimum Gasteiger partial charge on any atom is -0.310 e. The quantitative estimate of drug-likeness (QED) is 0.177. The molecule has 0 spiro atoms. The van der Waals surface area contributed by atoms with Gasteiger partial charge in [-0.15, -0.1) is 0 Å². The van der Waals surface area contributed by atoms with Crippen molar-refractivity contribution in [2.24, 2.45) is 0 Å². The van der Waals surface area contributed by atoms with Crippen LogP contribution in [-0.4, -0.2) is 4.57 Å². The Morgan fingerprint density at radius 3 is 1.88 bits per heavy atom. The van der Waals surface area contributed by atoms with Crippen LogP contribution in [0.15, 0.2) is 176 Å². The first-order valence-electron chi connectivity index (χ1n) is 18.2. The molecule has 248 valence electrons. The largest absolute Gasteiger partial charge is 0.310 e. The molecule has 0 saturated carbocycles. The lowest BCUT2D eigenvalue weighted by Gasteiger charge is -2.26. The van der Waals surface area contributed by atoms with Crippen molar-refractivity contribution in [3.05, 3.63) is 193 Å². The lowest BCUT2D eigenvalue weighted by molar-refractivity contribution is 0.660. The van der Waals surface area contributed by atoms with Crippen LogP contribution in [0.2, 0.25) is 0 Å². The number of rotatable bonds is 5. The van der Waals surface area contributed by atoms with Crippen molar-refractivity contribution in [1.29, 1.82) is 0 Å². The Hall–Kier alpha value is -6.38. The molecule has 9 aromatic rings. The summed E-state index contributed by atoms with van der Waals surface area (Å²) >= 11 is 0. The number of hydrogen-bond donors (Lipinski definition) is 0. The highest BCUT2D eigenvalue weighted by molar-refractivity contribution is 6.11. The Bertz CT molecular complexity index is 2820. The number of hydrogen-bond acceptors (Lipinski definition) is 1. The van der Waals surface area contributed by atoms with E-state index in [0.29, 0.717) is 0 Å². The molecule has 52 heavy (non-hydrogen) atoms. The van der Waals surface area contributed by atoms with Gasteiger partial charge < -0.3 is 9.47 Å². The molecule has 0 unspecified atom stereocenters. The molecule has 2 nitrogen and oxygen atoms in total. The summed E-state index contributed by atoms with van der Waals surface area (Å²) in [5.41, 5.74) is 16.1. The zero-order chi connectivity index (χ0) is 35.0. The van der Waals surface area contributed by atoms with Gasteiger partial charge in [-0.1, -0.05) is 123 Å². The third kappa shape index (κ3) is 4.72. The minimum absolute atomic E-state index is 0.0322. The van der Waals surface area contributed by atoms with Crippen LogP contribution in [0, 0.1) is 6.92 Å². The van der Waals surface area contributed by atoms with Crippen LogP contribution in [0.3, 0.4) is 0 Å². The number of para-hydroxylation sites is 1. The van der Waals surface area contributed by atoms with Gasteiger partial charge in [0.1, 0.15) is 0 Å². The maximum atomic E-state index is 2.41. The van der Waals surface area contributed by atoms with E-state index < -0.39 is 0 Å². The van der Waals surface area contributed by atoms with E-state index in [1.54, 1.807) is 0 Å². The standard InChI is InChI=1S/C50H38N2/c1-33-17-27-48-44(29-33)45-32-41(25-28-49(45)52(48)38-13-5-4-6-14-38)51(40-24-20-34-11-7-8-12-36(34)30-40)39-22-18-35(19-23-39)37-21-26-43-42-15-9-10-16-46(42)50(2,3)47(43)31-37/h4-32H,1-3H3. The Morgan fingerprint density at radius 2 is 1.06 bits per heavy atom. The van der Waals surface area contributed by atoms with E-state index in [4.69, 9.17) is 0 Å². The van der Waals surface area contributed by atoms with Crippen molar-refractivity contribution in [2.45, 2.75) is 26.2 Å². The summed E-state index contributed by atoms with van der Waals surface area (Å²) in [6.45, 7) is 6.88. The summed E-state index contributed by atoms with van der Waals surface area (Å²) in [5, 5.41) is 4.96. The van der Waals surface area contributed by atoms with Crippen LogP contribution < -0.4 is 4.90 Å². The van der Waals surface area contributed by atoms with Crippen LogP contribution in [0.25, 0.3) is 60.5 Å². The van der Waals surface area contributed by atoms with E-state index >= 15 is 0 Å². The van der Waals surface area contributed by atoms with Gasteiger partial charge in [0.15, 0.2) is 0 Å². The molecule has 2 heteroatoms. The predicted octanol–water partition coefficient (Wildman–Crippen LogP) is 13.7. The van der Waals surface area contributed by atoms with E-state index in [1.165, 1.54) is 77.2 Å². The number of nitrogens with zero attached hydrogens (tertiary/aromatic N) is 2. The number of fused-ring (bicyclic) bond motifs is 7. The van der Waals surface area contributed by atoms with Crippen molar-refractivity contribution < 1.29 is 0 Å². The van der Waals surface area contributed by atoms with Crippen LogP contribution in [0.4, 0.5) is 17.1 Å². The first kappa shape index (κ1) is 30.4. The van der Waals surface area contributed by atoms with Crippen molar-refractivity contribution in [2.75, 3.05) is 4.90 Å². The summed E-state index contributed by atoms with van der Waals surface area (Å²) in [5.74, 6) is 0. The molecule has 1 heterocycles. The van der Waals surface area contributed by atoms with Gasteiger partial charge in [-0.25, -0.2) is 0 Å². The summed E-state index contributed by atoms with van der Waals surface area (Å²) in [6.07, 6.45) is 0. The highest BCUT2D eigenvalue weighted by atomic mass is 15.1. The van der Waals surface area contributed by atoms with Crippen LogP contribution >= 0.6 is 0 Å². The topological polar surface area (TPSA) is 8.17 Å². The Labute approximate surface area is 304 Å². The van der Waals surface area contributed by atoms with Gasteiger partial charge >= 0.3 is 0 Å². The van der Waals surface area contributed by atoms with Crippen molar-refractivity contribution in [1.82, 2.24) is 4.57 Å². The number of benzene rings is 8. The Kier molecular flexibility index (Phi) is 6.78. The fraction of sp³-hybridized carbons (Fsp3) is 0.0800. The van der Waals surface area contributed by atoms with Crippen LogP contribution in [0.1, 0.15) is 30.5 Å². The van der Waals surface area contributed by atoms with E-state index in [-0.39, 0.29) is 5.41 Å². The smallest absolute Gasteiger partial charge is 0.0542 e. The van der Waals surface area contributed by atoms with Crippen molar-refractivity contribution in [3.8, 4) is 27.9 Å². The number of aryl methyl sites for hydroxylation is 1. The molecule has 0 N–H and O–H groups in total. The molecule has 0 fully saturated rings. The normalized spacial score (nSPS) is 13.1. The van der Waals surface area contributed by atoms with Crippen molar-refractivity contribution in [3.63, 3.8) is 0 Å². The molecule has 8 aromatic carbocycles. The molecular formula is C50H38N2. The fourth-order valence-electron chi connectivity index (χ4n) is 8.57. The fourth-order valence-corrected chi connectivity index (χ4v) is 8.57. The molecule has 0 bridgehead atoms. The van der Waals surface area contributed by atoms with Crippen molar-refractivity contribution >= 4 is 49.6 Å². The monoisotopic (exact) mass is 666 g/mol. The van der Waals surface area contributed by atoms with Gasteiger partial charge in [-0.3, -0.25) is 0 Å². The SMILES string of the molecule is Cc1ccc2c(c1)c1cc(N(c3ccc(-c4ccc5c(c4)C(C)(C)c4ccccc4-5)cc3)c3ccc4ccccc4c3)ccc1n2-c1ccccc1. The molecule has 1 aliphatic rings. The Balaban J connectivity index is 1.12. The number of anilines is 3. The first-order chi connectivity index (χ1) is 25.4. The van der Waals surface area contributed by atoms with Gasteiger partial charge in [0.25, 0.3) is 0 Å². The highest BCUT2D eigenvalue weighted by Crippen LogP contribution is 2.50. The molecule has 0 atom stereocenters. The van der Waals surface area contributed by atoms with Gasteiger partial charge in [0, 0.05) is 38.9 Å². The lowest BCUT2D eigenvalue weighted by Crippen LogP contribution is -2.14. The zero-order valence-electron chi connectivity index (χ0n) is 29.6. The third-order valence-electron chi connectivity index (χ3n) is 11.2. The van der Waals surface area contributed by atoms with E-state index in [1.807, 2.05) is 0 Å². The molecule has 0 saturated heterocycles. The van der Waals surface area contributed by atoms with E-state index in [0.717, 1.165) is 17.1 Å². The summed E-state index contributed by atoms with van der Waals surface area (Å²) < 4.78 is 2.39. The lowest BCUT2D eigenvalue weighted by atomic mass is 9.81. The maximum absolute atomic E-state index is 2.41. The molecule has 0 aliphatic heterocycles. The minimum atomic E-state index is -0.0322. The summed E-state index contributed by atoms with van der Waals surface area (Å²) in [7, 11) is 0. The van der Waals surface area contributed by atoms with E-state index in [9.17, 15) is 0 Å². The average molecular weight is 667 g/mol. The molecule has 0 radical (unpaired) electrons. The molecule has 0 amide bonds. The molecule has 1 aromatic heterocycles. The first-order valence-corrected chi connectivity index (χ1v) is 18.2. The number of aromatic nitrogens is 1. The third-order valence-corrected chi connectivity index (χ3v) is 11.2. The van der Waals surface area contributed by atoms with Crippen LogP contribution in [-0.2, 0) is 5.41 Å². The van der Waals surface area contributed by atoms with Gasteiger partial charge in [-0.05, 0) is 124 Å². The predicted molar refractivity (Wildman–Crippen MR) is 221 cm³/mol. The average Bonchev–Trinajstić information content (AvgIpc) is 3.63. The van der Waals surface area contributed by atoms with Gasteiger partial charge in [0.2, 0.25) is 0 Å². The second kappa shape index (κ2) is 11.6. The second-order valence-electron chi connectivity index (χ2n) is 14.7. The summed E-state index contributed by atoms with van der Waals surface area (Å²) in [4.78, 5) is 2.40. The molecule has 1 aliphatic carbocycles. The Morgan fingerprint density at radius 1 is 0.442 bits per heavy atom. The van der Waals surface area contributed by atoms with Crippen LogP contribution in [0.5, 0.6) is 0 Å². The molecular weight excluding hydrogens is 629 g/mol. The highest BCUT2D eigenvalue weighted by Gasteiger charge is 2.35. The van der Waals surface area contributed by atoms with Gasteiger partial charge in [0.05, 0.1) is 11.0 Å².